The van der Waals surface area contributed by atoms with Crippen molar-refractivity contribution in [2.24, 2.45) is 7.05 Å². The topological polar surface area (TPSA) is 67.2 Å². The molecule has 132 valence electrons. The number of amides is 1. The molecule has 0 spiro atoms. The number of aliphatic hydroxyl groups is 1. The molecule has 1 aliphatic carbocycles. The molecule has 5 heteroatoms. The molecule has 1 aromatic heterocycles. The summed E-state index contributed by atoms with van der Waals surface area (Å²) in [5.74, 6) is -0.155. The number of rotatable bonds is 4. The molecule has 1 aliphatic rings. The second kappa shape index (κ2) is 6.77. The van der Waals surface area contributed by atoms with Gasteiger partial charge in [-0.25, -0.2) is 0 Å². The fraction of sp³-hybridized carbons (Fsp3) is 0.238. The van der Waals surface area contributed by atoms with Crippen molar-refractivity contribution in [1.82, 2.24) is 15.1 Å². The van der Waals surface area contributed by atoms with Gasteiger partial charge in [-0.15, -0.1) is 0 Å². The molecule has 3 aromatic rings. The van der Waals surface area contributed by atoms with Crippen molar-refractivity contribution in [2.45, 2.75) is 25.0 Å². The normalized spacial score (nSPS) is 18.5. The number of hydrogen-bond donors (Lipinski definition) is 2. The number of nitrogens with one attached hydrogen (secondary N) is 1. The van der Waals surface area contributed by atoms with Gasteiger partial charge in [0, 0.05) is 19.9 Å². The zero-order valence-corrected chi connectivity index (χ0v) is 14.6. The van der Waals surface area contributed by atoms with Gasteiger partial charge in [0.1, 0.15) is 0 Å². The van der Waals surface area contributed by atoms with E-state index in [4.69, 9.17) is 0 Å². The SMILES string of the molecule is Cn1ncc(C(=O)NC2CC(O)c3ccccc32)c1Cc1ccccc1. The van der Waals surface area contributed by atoms with Gasteiger partial charge in [-0.3, -0.25) is 9.48 Å². The standard InChI is InChI=1S/C21H21N3O2/c1-24-19(11-14-7-3-2-4-8-14)17(13-22-24)21(26)23-18-12-20(25)16-10-6-5-9-15(16)18/h2-10,13,18,20,25H,11-12H2,1H3,(H,23,26). The van der Waals surface area contributed by atoms with E-state index in [1.54, 1.807) is 10.9 Å². The quantitative estimate of drug-likeness (QED) is 0.762. The van der Waals surface area contributed by atoms with Crippen LogP contribution in [0.15, 0.2) is 60.8 Å². The summed E-state index contributed by atoms with van der Waals surface area (Å²) in [4.78, 5) is 12.9. The van der Waals surface area contributed by atoms with Crippen LogP contribution in [0.5, 0.6) is 0 Å². The first-order chi connectivity index (χ1) is 12.6. The Bertz CT molecular complexity index is 933. The van der Waals surface area contributed by atoms with Crippen molar-refractivity contribution in [1.29, 1.82) is 0 Å². The minimum Gasteiger partial charge on any atom is -0.388 e. The zero-order valence-electron chi connectivity index (χ0n) is 14.6. The molecule has 5 nitrogen and oxygen atoms in total. The van der Waals surface area contributed by atoms with Gasteiger partial charge in [0.2, 0.25) is 0 Å². The highest BCUT2D eigenvalue weighted by Crippen LogP contribution is 2.38. The zero-order chi connectivity index (χ0) is 18.1. The van der Waals surface area contributed by atoms with Gasteiger partial charge in [0.15, 0.2) is 0 Å². The van der Waals surface area contributed by atoms with Crippen molar-refractivity contribution in [3.8, 4) is 0 Å². The largest absolute Gasteiger partial charge is 0.388 e. The molecule has 0 aliphatic heterocycles. The van der Waals surface area contributed by atoms with E-state index in [-0.39, 0.29) is 11.9 Å². The predicted octanol–water partition coefficient (Wildman–Crippen LogP) is 2.92. The van der Waals surface area contributed by atoms with Gasteiger partial charge in [-0.2, -0.15) is 5.10 Å². The van der Waals surface area contributed by atoms with Crippen LogP contribution in [0.1, 0.15) is 51.3 Å². The molecular weight excluding hydrogens is 326 g/mol. The first kappa shape index (κ1) is 16.5. The first-order valence-corrected chi connectivity index (χ1v) is 8.76. The lowest BCUT2D eigenvalue weighted by atomic mass is 10.1. The molecule has 2 aromatic carbocycles. The first-order valence-electron chi connectivity index (χ1n) is 8.76. The number of benzene rings is 2. The summed E-state index contributed by atoms with van der Waals surface area (Å²) in [7, 11) is 1.85. The van der Waals surface area contributed by atoms with Crippen LogP contribution in [0, 0.1) is 0 Å². The maximum atomic E-state index is 12.9. The molecule has 4 rings (SSSR count). The maximum Gasteiger partial charge on any atom is 0.255 e. The third-order valence-corrected chi connectivity index (χ3v) is 5.02. The van der Waals surface area contributed by atoms with Crippen molar-refractivity contribution in [3.63, 3.8) is 0 Å². The van der Waals surface area contributed by atoms with E-state index in [0.29, 0.717) is 18.4 Å². The fourth-order valence-corrected chi connectivity index (χ4v) is 3.63. The minimum absolute atomic E-state index is 0.155. The van der Waals surface area contributed by atoms with Gasteiger partial charge in [0.05, 0.1) is 29.6 Å². The number of carbonyl (C=O) groups excluding carboxylic acids is 1. The lowest BCUT2D eigenvalue weighted by Crippen LogP contribution is -2.28. The molecule has 2 N–H and O–H groups in total. The molecule has 2 unspecified atom stereocenters. The Labute approximate surface area is 152 Å². The van der Waals surface area contributed by atoms with Crippen molar-refractivity contribution in [2.75, 3.05) is 0 Å². The van der Waals surface area contributed by atoms with E-state index in [1.807, 2.05) is 61.6 Å². The smallest absolute Gasteiger partial charge is 0.255 e. The van der Waals surface area contributed by atoms with Crippen LogP contribution in [0.25, 0.3) is 0 Å². The number of aromatic nitrogens is 2. The number of aliphatic hydroxyl groups excluding tert-OH is 1. The Morgan fingerprint density at radius 3 is 2.62 bits per heavy atom. The van der Waals surface area contributed by atoms with Crippen LogP contribution in [-0.4, -0.2) is 20.8 Å². The maximum absolute atomic E-state index is 12.9. The third kappa shape index (κ3) is 3.02. The van der Waals surface area contributed by atoms with Crippen molar-refractivity contribution < 1.29 is 9.90 Å². The molecule has 0 saturated carbocycles. The number of fused-ring (bicyclic) bond motifs is 1. The van der Waals surface area contributed by atoms with Crippen LogP contribution in [0.4, 0.5) is 0 Å². The number of aryl methyl sites for hydroxylation is 1. The van der Waals surface area contributed by atoms with Crippen LogP contribution in [0.2, 0.25) is 0 Å². The van der Waals surface area contributed by atoms with E-state index in [1.165, 1.54) is 0 Å². The predicted molar refractivity (Wildman–Crippen MR) is 98.7 cm³/mol. The van der Waals surface area contributed by atoms with Gasteiger partial charge >= 0.3 is 0 Å². The van der Waals surface area contributed by atoms with Gasteiger partial charge in [-0.05, 0) is 16.7 Å². The summed E-state index contributed by atoms with van der Waals surface area (Å²) in [6.45, 7) is 0. The summed E-state index contributed by atoms with van der Waals surface area (Å²) in [6.07, 6.45) is 2.23. The van der Waals surface area contributed by atoms with E-state index in [9.17, 15) is 9.90 Å². The van der Waals surface area contributed by atoms with E-state index in [0.717, 1.165) is 22.4 Å². The summed E-state index contributed by atoms with van der Waals surface area (Å²) in [6, 6.07) is 17.6. The van der Waals surface area contributed by atoms with Crippen LogP contribution in [-0.2, 0) is 13.5 Å². The van der Waals surface area contributed by atoms with Gasteiger partial charge in [-0.1, -0.05) is 54.6 Å². The lowest BCUT2D eigenvalue weighted by molar-refractivity contribution is 0.0923. The third-order valence-electron chi connectivity index (χ3n) is 5.02. The number of hydrogen-bond acceptors (Lipinski definition) is 3. The van der Waals surface area contributed by atoms with Crippen molar-refractivity contribution in [3.05, 3.63) is 88.7 Å². The Morgan fingerprint density at radius 2 is 1.85 bits per heavy atom. The monoisotopic (exact) mass is 347 g/mol. The van der Waals surface area contributed by atoms with Crippen molar-refractivity contribution >= 4 is 5.91 Å². The Balaban J connectivity index is 1.57. The summed E-state index contributed by atoms with van der Waals surface area (Å²) >= 11 is 0. The van der Waals surface area contributed by atoms with Crippen LogP contribution >= 0.6 is 0 Å². The van der Waals surface area contributed by atoms with Gasteiger partial charge < -0.3 is 10.4 Å². The fourth-order valence-electron chi connectivity index (χ4n) is 3.63. The molecule has 0 radical (unpaired) electrons. The highest BCUT2D eigenvalue weighted by Gasteiger charge is 2.31. The molecule has 0 fully saturated rings. The highest BCUT2D eigenvalue weighted by atomic mass is 16.3. The molecule has 26 heavy (non-hydrogen) atoms. The molecule has 0 saturated heterocycles. The molecule has 2 atom stereocenters. The highest BCUT2D eigenvalue weighted by molar-refractivity contribution is 5.95. The summed E-state index contributed by atoms with van der Waals surface area (Å²) < 4.78 is 1.75. The lowest BCUT2D eigenvalue weighted by Gasteiger charge is -2.14. The molecule has 0 bridgehead atoms. The van der Waals surface area contributed by atoms with Crippen LogP contribution < -0.4 is 5.32 Å². The molecule has 1 heterocycles. The Kier molecular flexibility index (Phi) is 4.31. The van der Waals surface area contributed by atoms with Gasteiger partial charge in [0.25, 0.3) is 5.91 Å². The van der Waals surface area contributed by atoms with E-state index >= 15 is 0 Å². The number of nitrogens with zero attached hydrogens (tertiary/aromatic N) is 2. The summed E-state index contributed by atoms with van der Waals surface area (Å²) in [5.41, 5.74) is 4.47. The number of carbonyl (C=O) groups is 1. The molecule has 1 amide bonds. The Hall–Kier alpha value is -2.92. The Morgan fingerprint density at radius 1 is 1.15 bits per heavy atom. The second-order valence-corrected chi connectivity index (χ2v) is 6.70. The van der Waals surface area contributed by atoms with E-state index < -0.39 is 6.10 Å². The minimum atomic E-state index is -0.533. The molecular formula is C21H21N3O2. The average Bonchev–Trinajstić information content (AvgIpc) is 3.17. The van der Waals surface area contributed by atoms with Crippen LogP contribution in [0.3, 0.4) is 0 Å². The summed E-state index contributed by atoms with van der Waals surface area (Å²) in [5, 5.41) is 17.6. The second-order valence-electron chi connectivity index (χ2n) is 6.70. The van der Waals surface area contributed by atoms with E-state index in [2.05, 4.69) is 10.4 Å². The average molecular weight is 347 g/mol.